The first-order chi connectivity index (χ1) is 11.8. The number of ketones is 1. The topological polar surface area (TPSA) is 35.5 Å². The van der Waals surface area contributed by atoms with Crippen molar-refractivity contribution in [3.05, 3.63) is 84.0 Å². The number of benzene rings is 2. The lowest BCUT2D eigenvalue weighted by molar-refractivity contribution is 0.103. The number of rotatable bonds is 8. The highest BCUT2D eigenvalue weighted by atomic mass is 16.5. The van der Waals surface area contributed by atoms with Crippen LogP contribution in [0.25, 0.3) is 0 Å². The van der Waals surface area contributed by atoms with Crippen molar-refractivity contribution in [3.63, 3.8) is 0 Å². The first-order valence-corrected chi connectivity index (χ1v) is 7.98. The molecule has 0 aliphatic heterocycles. The highest BCUT2D eigenvalue weighted by molar-refractivity contribution is 6.11. The van der Waals surface area contributed by atoms with Crippen LogP contribution in [0.4, 0.5) is 0 Å². The standard InChI is InChI=1S/C21H22O3/c1-3-5-15-23-19-14-10-13-18(21(19)24-16-6-4-2)20(22)17-11-8-7-9-12-17/h3-14H,15-16H2,1-2H3. The summed E-state index contributed by atoms with van der Waals surface area (Å²) in [5.74, 6) is 0.968. The number of para-hydroxylation sites is 1. The minimum Gasteiger partial charge on any atom is -0.486 e. The maximum Gasteiger partial charge on any atom is 0.196 e. The Balaban J connectivity index is 2.37. The van der Waals surface area contributed by atoms with E-state index < -0.39 is 0 Å². The molecule has 0 radical (unpaired) electrons. The quantitative estimate of drug-likeness (QED) is 0.516. The molecule has 0 aliphatic carbocycles. The maximum atomic E-state index is 12.8. The van der Waals surface area contributed by atoms with Gasteiger partial charge in [-0.3, -0.25) is 4.79 Å². The number of allylic oxidation sites excluding steroid dienone is 2. The highest BCUT2D eigenvalue weighted by Gasteiger charge is 2.18. The molecule has 0 fully saturated rings. The molecule has 3 nitrogen and oxygen atoms in total. The zero-order chi connectivity index (χ0) is 17.2. The molecule has 0 aromatic heterocycles. The van der Waals surface area contributed by atoms with Gasteiger partial charge in [0.25, 0.3) is 0 Å². The van der Waals surface area contributed by atoms with Crippen molar-refractivity contribution in [1.29, 1.82) is 0 Å². The van der Waals surface area contributed by atoms with E-state index in [1.807, 2.05) is 68.5 Å². The van der Waals surface area contributed by atoms with Gasteiger partial charge in [0, 0.05) is 5.56 Å². The third-order valence-electron chi connectivity index (χ3n) is 3.39. The van der Waals surface area contributed by atoms with Gasteiger partial charge >= 0.3 is 0 Å². The Morgan fingerprint density at radius 1 is 0.875 bits per heavy atom. The number of carbonyl (C=O) groups is 1. The second kappa shape index (κ2) is 9.36. The summed E-state index contributed by atoms with van der Waals surface area (Å²) in [6, 6.07) is 14.6. The molecule has 0 saturated carbocycles. The Morgan fingerprint density at radius 2 is 1.54 bits per heavy atom. The van der Waals surface area contributed by atoms with E-state index in [4.69, 9.17) is 9.47 Å². The molecule has 0 N–H and O–H groups in total. The number of carbonyl (C=O) groups excluding carboxylic acids is 1. The van der Waals surface area contributed by atoms with Crippen LogP contribution in [0.3, 0.4) is 0 Å². The van der Waals surface area contributed by atoms with Gasteiger partial charge in [0.15, 0.2) is 17.3 Å². The Hall–Kier alpha value is -2.81. The monoisotopic (exact) mass is 322 g/mol. The molecular formula is C21H22O3. The fourth-order valence-corrected chi connectivity index (χ4v) is 2.16. The molecule has 2 aromatic rings. The Labute approximate surface area is 143 Å². The van der Waals surface area contributed by atoms with Gasteiger partial charge in [-0.2, -0.15) is 0 Å². The van der Waals surface area contributed by atoms with Crippen LogP contribution in [0, 0.1) is 0 Å². The zero-order valence-corrected chi connectivity index (χ0v) is 14.1. The molecule has 0 spiro atoms. The van der Waals surface area contributed by atoms with E-state index in [2.05, 4.69) is 0 Å². The van der Waals surface area contributed by atoms with Crippen LogP contribution < -0.4 is 9.47 Å². The summed E-state index contributed by atoms with van der Waals surface area (Å²) in [6.45, 7) is 4.67. The van der Waals surface area contributed by atoms with E-state index in [0.717, 1.165) is 0 Å². The Kier molecular flexibility index (Phi) is 6.84. The molecule has 0 saturated heterocycles. The van der Waals surface area contributed by atoms with E-state index >= 15 is 0 Å². The van der Waals surface area contributed by atoms with Crippen LogP contribution in [0.2, 0.25) is 0 Å². The van der Waals surface area contributed by atoms with Crippen LogP contribution in [-0.2, 0) is 0 Å². The highest BCUT2D eigenvalue weighted by Crippen LogP contribution is 2.33. The van der Waals surface area contributed by atoms with Crippen molar-refractivity contribution >= 4 is 5.78 Å². The van der Waals surface area contributed by atoms with Gasteiger partial charge in [-0.05, 0) is 26.0 Å². The number of hydrogen-bond acceptors (Lipinski definition) is 3. The third-order valence-corrected chi connectivity index (χ3v) is 3.39. The van der Waals surface area contributed by atoms with Crippen LogP contribution in [0.1, 0.15) is 29.8 Å². The van der Waals surface area contributed by atoms with Crippen LogP contribution in [-0.4, -0.2) is 19.0 Å². The Bertz CT molecular complexity index is 715. The lowest BCUT2D eigenvalue weighted by atomic mass is 10.0. The van der Waals surface area contributed by atoms with E-state index in [1.165, 1.54) is 0 Å². The predicted octanol–water partition coefficient (Wildman–Crippen LogP) is 4.83. The first-order valence-electron chi connectivity index (χ1n) is 7.98. The molecule has 0 unspecified atom stereocenters. The molecule has 0 aliphatic rings. The molecule has 0 amide bonds. The average Bonchev–Trinajstić information content (AvgIpc) is 2.63. The molecule has 0 bridgehead atoms. The summed E-state index contributed by atoms with van der Waals surface area (Å²) < 4.78 is 11.6. The Morgan fingerprint density at radius 3 is 2.21 bits per heavy atom. The van der Waals surface area contributed by atoms with Crippen molar-refractivity contribution in [1.82, 2.24) is 0 Å². The molecular weight excluding hydrogens is 300 g/mol. The van der Waals surface area contributed by atoms with Gasteiger partial charge in [-0.15, -0.1) is 0 Å². The lowest BCUT2D eigenvalue weighted by Gasteiger charge is -2.14. The van der Waals surface area contributed by atoms with Crippen molar-refractivity contribution in [2.75, 3.05) is 13.2 Å². The second-order valence-corrected chi connectivity index (χ2v) is 5.09. The molecule has 0 atom stereocenters. The summed E-state index contributed by atoms with van der Waals surface area (Å²) in [4.78, 5) is 12.8. The summed E-state index contributed by atoms with van der Waals surface area (Å²) in [7, 11) is 0. The van der Waals surface area contributed by atoms with Gasteiger partial charge in [-0.25, -0.2) is 0 Å². The smallest absolute Gasteiger partial charge is 0.196 e. The SMILES string of the molecule is CC=CCOc1cccc(C(=O)c2ccccc2)c1OCC=CC. The predicted molar refractivity (Wildman–Crippen MR) is 96.9 cm³/mol. The van der Waals surface area contributed by atoms with Gasteiger partial charge in [0.2, 0.25) is 0 Å². The number of hydrogen-bond donors (Lipinski definition) is 0. The average molecular weight is 322 g/mol. The van der Waals surface area contributed by atoms with Gasteiger partial charge < -0.3 is 9.47 Å². The van der Waals surface area contributed by atoms with E-state index in [9.17, 15) is 4.79 Å². The van der Waals surface area contributed by atoms with E-state index in [1.54, 1.807) is 18.2 Å². The third kappa shape index (κ3) is 4.59. The summed E-state index contributed by atoms with van der Waals surface area (Å²) in [5.41, 5.74) is 1.13. The first kappa shape index (κ1) is 17.5. The van der Waals surface area contributed by atoms with E-state index in [0.29, 0.717) is 35.8 Å². The van der Waals surface area contributed by atoms with Crippen molar-refractivity contribution in [2.45, 2.75) is 13.8 Å². The molecule has 24 heavy (non-hydrogen) atoms. The van der Waals surface area contributed by atoms with Gasteiger partial charge in [0.1, 0.15) is 13.2 Å². The zero-order valence-electron chi connectivity index (χ0n) is 14.1. The van der Waals surface area contributed by atoms with Crippen molar-refractivity contribution < 1.29 is 14.3 Å². The molecule has 124 valence electrons. The summed E-state index contributed by atoms with van der Waals surface area (Å²) >= 11 is 0. The fourth-order valence-electron chi connectivity index (χ4n) is 2.16. The number of ether oxygens (including phenoxy) is 2. The fraction of sp³-hybridized carbons (Fsp3) is 0.190. The van der Waals surface area contributed by atoms with E-state index in [-0.39, 0.29) is 5.78 Å². The molecule has 0 heterocycles. The second-order valence-electron chi connectivity index (χ2n) is 5.09. The largest absolute Gasteiger partial charge is 0.486 e. The van der Waals surface area contributed by atoms with Crippen molar-refractivity contribution in [3.8, 4) is 11.5 Å². The molecule has 2 rings (SSSR count). The van der Waals surface area contributed by atoms with Crippen LogP contribution in [0.5, 0.6) is 11.5 Å². The minimum atomic E-state index is -0.0810. The van der Waals surface area contributed by atoms with Crippen LogP contribution >= 0.6 is 0 Å². The normalized spacial score (nSPS) is 11.1. The van der Waals surface area contributed by atoms with Crippen LogP contribution in [0.15, 0.2) is 72.8 Å². The summed E-state index contributed by atoms with van der Waals surface area (Å²) in [6.07, 6.45) is 7.61. The van der Waals surface area contributed by atoms with Crippen molar-refractivity contribution in [2.24, 2.45) is 0 Å². The minimum absolute atomic E-state index is 0.0810. The summed E-state index contributed by atoms with van der Waals surface area (Å²) in [5, 5.41) is 0. The van der Waals surface area contributed by atoms with Gasteiger partial charge in [-0.1, -0.05) is 60.7 Å². The maximum absolute atomic E-state index is 12.8. The van der Waals surface area contributed by atoms with Gasteiger partial charge in [0.05, 0.1) is 5.56 Å². The molecule has 3 heteroatoms. The molecule has 2 aromatic carbocycles. The lowest BCUT2D eigenvalue weighted by Crippen LogP contribution is -2.08.